The van der Waals surface area contributed by atoms with Gasteiger partial charge in [0.25, 0.3) is 10.2 Å². The maximum Gasteiger partial charge on any atom is 0.326 e. The van der Waals surface area contributed by atoms with Crippen molar-refractivity contribution in [3.8, 4) is 0 Å². The molecule has 1 aromatic rings. The average molecular weight is 270 g/mol. The van der Waals surface area contributed by atoms with Crippen molar-refractivity contribution >= 4 is 16.2 Å². The summed E-state index contributed by atoms with van der Waals surface area (Å²) >= 11 is 0. The van der Waals surface area contributed by atoms with E-state index in [0.717, 1.165) is 6.42 Å². The van der Waals surface area contributed by atoms with E-state index in [1.54, 1.807) is 30.3 Å². The normalized spacial score (nSPS) is 18.0. The first-order chi connectivity index (χ1) is 8.50. The van der Waals surface area contributed by atoms with E-state index in [1.165, 1.54) is 4.31 Å². The molecule has 0 aliphatic carbocycles. The first-order valence-corrected chi connectivity index (χ1v) is 7.00. The predicted molar refractivity (Wildman–Crippen MR) is 65.1 cm³/mol. The summed E-state index contributed by atoms with van der Waals surface area (Å²) in [5.74, 6) is -1.22. The first-order valence-electron chi connectivity index (χ1n) is 5.56. The molecule has 98 valence electrons. The van der Waals surface area contributed by atoms with Crippen LogP contribution in [0.25, 0.3) is 0 Å². The minimum absolute atomic E-state index is 0.411. The molecule has 0 aromatic heterocycles. The highest BCUT2D eigenvalue weighted by atomic mass is 32.2. The Hall–Kier alpha value is -1.44. The quantitative estimate of drug-likeness (QED) is 0.808. The van der Waals surface area contributed by atoms with Crippen LogP contribution in [0.3, 0.4) is 0 Å². The van der Waals surface area contributed by atoms with E-state index in [0.29, 0.717) is 18.7 Å². The summed E-state index contributed by atoms with van der Waals surface area (Å²) in [6, 6.07) is 6.99. The molecule has 1 aromatic carbocycles. The zero-order chi connectivity index (χ0) is 13.2. The Morgan fingerprint density at radius 1 is 1.28 bits per heavy atom. The van der Waals surface area contributed by atoms with Gasteiger partial charge >= 0.3 is 5.97 Å². The van der Waals surface area contributed by atoms with Crippen LogP contribution in [0.1, 0.15) is 18.0 Å². The molecule has 1 atom stereocenters. The lowest BCUT2D eigenvalue weighted by molar-refractivity contribution is -0.139. The zero-order valence-corrected chi connectivity index (χ0v) is 10.4. The van der Waals surface area contributed by atoms with E-state index in [-0.39, 0.29) is 0 Å². The van der Waals surface area contributed by atoms with Crippen LogP contribution in [0.5, 0.6) is 0 Å². The van der Waals surface area contributed by atoms with Crippen molar-refractivity contribution in [2.45, 2.75) is 12.5 Å². The van der Waals surface area contributed by atoms with Gasteiger partial charge in [-0.25, -0.2) is 0 Å². The van der Waals surface area contributed by atoms with Gasteiger partial charge in [-0.15, -0.1) is 0 Å². The van der Waals surface area contributed by atoms with Crippen molar-refractivity contribution in [1.29, 1.82) is 0 Å². The predicted octanol–water partition coefficient (Wildman–Crippen LogP) is 0.352. The van der Waals surface area contributed by atoms with E-state index >= 15 is 0 Å². The Balaban J connectivity index is 2.20. The number of nitrogens with one attached hydrogen (secondary N) is 1. The van der Waals surface area contributed by atoms with Crippen LogP contribution in [0, 0.1) is 0 Å². The fraction of sp³-hybridized carbons (Fsp3) is 0.364. The number of carboxylic acid groups (broad SMARTS) is 1. The van der Waals surface area contributed by atoms with Gasteiger partial charge in [0.1, 0.15) is 6.04 Å². The zero-order valence-electron chi connectivity index (χ0n) is 9.61. The number of benzene rings is 1. The number of carboxylic acids is 1. The van der Waals surface area contributed by atoms with Crippen molar-refractivity contribution < 1.29 is 18.3 Å². The highest BCUT2D eigenvalue weighted by Gasteiger charge is 2.32. The third-order valence-electron chi connectivity index (χ3n) is 2.80. The van der Waals surface area contributed by atoms with Crippen LogP contribution in [0.4, 0.5) is 0 Å². The van der Waals surface area contributed by atoms with Crippen molar-refractivity contribution in [3.05, 3.63) is 35.9 Å². The van der Waals surface area contributed by atoms with E-state index < -0.39 is 22.2 Å². The van der Waals surface area contributed by atoms with Crippen molar-refractivity contribution in [1.82, 2.24) is 9.03 Å². The molecule has 2 rings (SSSR count). The van der Waals surface area contributed by atoms with Gasteiger partial charge in [-0.1, -0.05) is 30.3 Å². The molecule has 0 saturated carbocycles. The summed E-state index contributed by atoms with van der Waals surface area (Å²) in [6.45, 7) is 0.882. The summed E-state index contributed by atoms with van der Waals surface area (Å²) in [4.78, 5) is 11.2. The molecule has 1 aliphatic rings. The Labute approximate surface area is 105 Å². The lowest BCUT2D eigenvalue weighted by atomic mass is 10.1. The van der Waals surface area contributed by atoms with Crippen LogP contribution >= 0.6 is 0 Å². The Bertz CT molecular complexity index is 525. The Morgan fingerprint density at radius 3 is 2.33 bits per heavy atom. The SMILES string of the molecule is O=C(O)[C@@H](NS(=O)(=O)N1CCC1)c1ccccc1. The minimum atomic E-state index is -3.71. The number of hydrogen-bond donors (Lipinski definition) is 2. The molecule has 7 heteroatoms. The highest BCUT2D eigenvalue weighted by molar-refractivity contribution is 7.87. The van der Waals surface area contributed by atoms with Gasteiger partial charge in [-0.2, -0.15) is 17.4 Å². The van der Waals surface area contributed by atoms with Crippen molar-refractivity contribution in [2.24, 2.45) is 0 Å². The molecular weight excluding hydrogens is 256 g/mol. The van der Waals surface area contributed by atoms with Crippen LogP contribution in [0.15, 0.2) is 30.3 Å². The fourth-order valence-corrected chi connectivity index (χ4v) is 3.08. The summed E-state index contributed by atoms with van der Waals surface area (Å²) in [7, 11) is -3.71. The van der Waals surface area contributed by atoms with E-state index in [2.05, 4.69) is 4.72 Å². The molecular formula is C11H14N2O4S. The topological polar surface area (TPSA) is 86.7 Å². The standard InChI is InChI=1S/C11H14N2O4S/c14-11(15)10(9-5-2-1-3-6-9)12-18(16,17)13-7-4-8-13/h1-3,5-6,10,12H,4,7-8H2,(H,14,15)/t10-/m0/s1. The fourth-order valence-electron chi connectivity index (χ4n) is 1.66. The van der Waals surface area contributed by atoms with E-state index in [9.17, 15) is 13.2 Å². The molecule has 0 unspecified atom stereocenters. The summed E-state index contributed by atoms with van der Waals surface area (Å²) in [5.41, 5.74) is 0.411. The molecule has 0 radical (unpaired) electrons. The van der Waals surface area contributed by atoms with Gasteiger partial charge in [-0.3, -0.25) is 4.79 Å². The third kappa shape index (κ3) is 2.69. The summed E-state index contributed by atoms with van der Waals surface area (Å²) < 4.78 is 27.1. The Kier molecular flexibility index (Phi) is 3.65. The number of nitrogens with zero attached hydrogens (tertiary/aromatic N) is 1. The molecule has 0 bridgehead atoms. The average Bonchev–Trinajstić information content (AvgIpc) is 2.24. The van der Waals surface area contributed by atoms with Crippen molar-refractivity contribution in [3.63, 3.8) is 0 Å². The lowest BCUT2D eigenvalue weighted by Crippen LogP contribution is -2.50. The van der Waals surface area contributed by atoms with Gasteiger partial charge in [0, 0.05) is 13.1 Å². The molecule has 1 saturated heterocycles. The van der Waals surface area contributed by atoms with Gasteiger partial charge in [0.2, 0.25) is 0 Å². The van der Waals surface area contributed by atoms with Gasteiger partial charge in [0.05, 0.1) is 0 Å². The third-order valence-corrected chi connectivity index (χ3v) is 4.38. The first kappa shape index (κ1) is 13.0. The lowest BCUT2D eigenvalue weighted by Gasteiger charge is -2.30. The second-order valence-corrected chi connectivity index (χ2v) is 5.76. The van der Waals surface area contributed by atoms with Crippen LogP contribution in [0.2, 0.25) is 0 Å². The number of rotatable bonds is 5. The maximum atomic E-state index is 11.9. The van der Waals surface area contributed by atoms with Crippen LogP contribution in [-0.4, -0.2) is 36.9 Å². The molecule has 0 amide bonds. The van der Waals surface area contributed by atoms with E-state index in [4.69, 9.17) is 5.11 Å². The minimum Gasteiger partial charge on any atom is -0.480 e. The summed E-state index contributed by atoms with van der Waals surface area (Å²) in [6.07, 6.45) is 0.810. The second kappa shape index (κ2) is 5.05. The highest BCUT2D eigenvalue weighted by Crippen LogP contribution is 2.17. The Morgan fingerprint density at radius 2 is 1.89 bits per heavy atom. The smallest absolute Gasteiger partial charge is 0.326 e. The van der Waals surface area contributed by atoms with Gasteiger partial charge in [-0.05, 0) is 12.0 Å². The molecule has 2 N–H and O–H groups in total. The number of carbonyl (C=O) groups is 1. The van der Waals surface area contributed by atoms with Gasteiger partial charge in [0.15, 0.2) is 0 Å². The molecule has 1 fully saturated rings. The molecule has 0 spiro atoms. The maximum absolute atomic E-state index is 11.9. The molecule has 18 heavy (non-hydrogen) atoms. The monoisotopic (exact) mass is 270 g/mol. The molecule has 6 nitrogen and oxygen atoms in total. The van der Waals surface area contributed by atoms with Gasteiger partial charge < -0.3 is 5.11 Å². The second-order valence-electron chi connectivity index (χ2n) is 4.06. The largest absolute Gasteiger partial charge is 0.480 e. The van der Waals surface area contributed by atoms with Crippen LogP contribution in [-0.2, 0) is 15.0 Å². The van der Waals surface area contributed by atoms with Crippen LogP contribution < -0.4 is 4.72 Å². The molecule has 1 aliphatic heterocycles. The number of hydrogen-bond acceptors (Lipinski definition) is 3. The van der Waals surface area contributed by atoms with E-state index in [1.807, 2.05) is 0 Å². The molecule has 1 heterocycles. The summed E-state index contributed by atoms with van der Waals surface area (Å²) in [5, 5.41) is 9.12. The number of aliphatic carboxylic acids is 1. The van der Waals surface area contributed by atoms with Crippen molar-refractivity contribution in [2.75, 3.05) is 13.1 Å².